The maximum atomic E-state index is 12.8. The highest BCUT2D eigenvalue weighted by molar-refractivity contribution is 7.18. The van der Waals surface area contributed by atoms with Crippen molar-refractivity contribution in [3.63, 3.8) is 0 Å². The first kappa shape index (κ1) is 18.2. The molecule has 28 heavy (non-hydrogen) atoms. The molecule has 0 atom stereocenters. The van der Waals surface area contributed by atoms with Gasteiger partial charge in [0.25, 0.3) is 5.56 Å². The molecule has 142 valence electrons. The summed E-state index contributed by atoms with van der Waals surface area (Å²) in [7, 11) is 0. The minimum absolute atomic E-state index is 0.0258. The van der Waals surface area contributed by atoms with Crippen molar-refractivity contribution in [2.75, 3.05) is 31.2 Å². The van der Waals surface area contributed by atoms with Gasteiger partial charge in [-0.15, -0.1) is 11.3 Å². The van der Waals surface area contributed by atoms with E-state index >= 15 is 0 Å². The third kappa shape index (κ3) is 3.13. The molecule has 0 radical (unpaired) electrons. The van der Waals surface area contributed by atoms with E-state index in [1.165, 1.54) is 10.9 Å². The van der Waals surface area contributed by atoms with Crippen LogP contribution in [0.15, 0.2) is 35.4 Å². The molecule has 1 aromatic carbocycles. The zero-order valence-electron chi connectivity index (χ0n) is 14.8. The molecule has 9 heteroatoms. The van der Waals surface area contributed by atoms with Gasteiger partial charge in [0.15, 0.2) is 0 Å². The number of fused-ring (bicyclic) bond motifs is 1. The van der Waals surface area contributed by atoms with Crippen LogP contribution in [0.1, 0.15) is 20.8 Å². The van der Waals surface area contributed by atoms with Gasteiger partial charge in [-0.1, -0.05) is 12.1 Å². The number of anilines is 1. The molecule has 4 rings (SSSR count). The monoisotopic (exact) mass is 396 g/mol. The summed E-state index contributed by atoms with van der Waals surface area (Å²) in [4.78, 5) is 30.9. The van der Waals surface area contributed by atoms with Gasteiger partial charge in [-0.3, -0.25) is 9.36 Å². The van der Waals surface area contributed by atoms with Gasteiger partial charge in [-0.05, 0) is 12.1 Å². The summed E-state index contributed by atoms with van der Waals surface area (Å²) >= 11 is 1.07. The fraction of sp³-hybridized carbons (Fsp3) is 0.263. The molecule has 1 aliphatic heterocycles. The lowest BCUT2D eigenvalue weighted by molar-refractivity contribution is 0.0701. The number of aromatic nitrogens is 2. The molecular formula is C19H16N4O4S. The normalized spacial score (nSPS) is 14.2. The molecule has 1 fully saturated rings. The number of rotatable bonds is 4. The Morgan fingerprint density at radius 2 is 2.07 bits per heavy atom. The predicted octanol–water partition coefficient (Wildman–Crippen LogP) is 1.91. The number of carboxylic acids is 1. The number of morpholine rings is 1. The maximum Gasteiger partial charge on any atom is 0.346 e. The van der Waals surface area contributed by atoms with Crippen molar-refractivity contribution in [2.45, 2.75) is 6.54 Å². The van der Waals surface area contributed by atoms with Crippen molar-refractivity contribution in [3.8, 4) is 6.07 Å². The lowest BCUT2D eigenvalue weighted by atomic mass is 10.1. The third-order valence-corrected chi connectivity index (χ3v) is 5.93. The topological polar surface area (TPSA) is 108 Å². The van der Waals surface area contributed by atoms with Gasteiger partial charge >= 0.3 is 5.97 Å². The zero-order chi connectivity index (χ0) is 19.7. The summed E-state index contributed by atoms with van der Waals surface area (Å²) in [5.74, 6) is -1.11. The van der Waals surface area contributed by atoms with E-state index in [-0.39, 0.29) is 17.0 Å². The number of aromatic carboxylic acids is 1. The van der Waals surface area contributed by atoms with Gasteiger partial charge < -0.3 is 14.7 Å². The Morgan fingerprint density at radius 3 is 2.79 bits per heavy atom. The number of carboxylic acid groups (broad SMARTS) is 1. The number of thiophene rings is 1. The zero-order valence-corrected chi connectivity index (χ0v) is 15.6. The van der Waals surface area contributed by atoms with Gasteiger partial charge in [-0.2, -0.15) is 5.26 Å². The molecule has 3 aromatic rings. The number of nitriles is 1. The molecule has 1 aliphatic rings. The maximum absolute atomic E-state index is 12.8. The molecule has 0 bridgehead atoms. The van der Waals surface area contributed by atoms with Crippen LogP contribution in [0.5, 0.6) is 0 Å². The molecule has 0 saturated carbocycles. The quantitative estimate of drug-likeness (QED) is 0.717. The molecule has 1 saturated heterocycles. The Labute approximate surface area is 163 Å². The second kappa shape index (κ2) is 7.42. The summed E-state index contributed by atoms with van der Waals surface area (Å²) in [6.45, 7) is 2.20. The standard InChI is InChI=1S/C19H16N4O4S/c20-9-13-14(10-23-11-21-15-4-2-1-3-12(15)17(23)24)16(19(25)26)28-18(13)22-5-7-27-8-6-22/h1-4,11H,5-8,10H2,(H,25,26). The molecular weight excluding hydrogens is 380 g/mol. The highest BCUT2D eigenvalue weighted by atomic mass is 32.1. The van der Waals surface area contributed by atoms with Crippen molar-refractivity contribution < 1.29 is 14.6 Å². The second-order valence-corrected chi connectivity index (χ2v) is 7.30. The van der Waals surface area contributed by atoms with E-state index in [0.717, 1.165) is 11.3 Å². The van der Waals surface area contributed by atoms with E-state index in [0.29, 0.717) is 53.3 Å². The predicted molar refractivity (Wildman–Crippen MR) is 104 cm³/mol. The largest absolute Gasteiger partial charge is 0.477 e. The fourth-order valence-electron chi connectivity index (χ4n) is 3.27. The lowest BCUT2D eigenvalue weighted by Gasteiger charge is -2.27. The first-order valence-corrected chi connectivity index (χ1v) is 9.47. The number of hydrogen-bond donors (Lipinski definition) is 1. The SMILES string of the molecule is N#Cc1c(N2CCOCC2)sc(C(=O)O)c1Cn1cnc2ccccc2c1=O. The second-order valence-electron chi connectivity index (χ2n) is 6.30. The Kier molecular flexibility index (Phi) is 4.81. The number of para-hydroxylation sites is 1. The van der Waals surface area contributed by atoms with Gasteiger partial charge in [0.05, 0.1) is 42.6 Å². The van der Waals surface area contributed by atoms with Gasteiger partial charge in [0, 0.05) is 18.7 Å². The Hall–Kier alpha value is -3.22. The first-order chi connectivity index (χ1) is 13.6. The number of nitrogens with zero attached hydrogens (tertiary/aromatic N) is 4. The van der Waals surface area contributed by atoms with E-state index < -0.39 is 5.97 Å². The summed E-state index contributed by atoms with van der Waals surface area (Å²) in [6, 6.07) is 9.11. The smallest absolute Gasteiger partial charge is 0.346 e. The van der Waals surface area contributed by atoms with Crippen LogP contribution >= 0.6 is 11.3 Å². The Balaban J connectivity index is 1.82. The fourth-order valence-corrected chi connectivity index (χ4v) is 4.42. The van der Waals surface area contributed by atoms with Crippen molar-refractivity contribution in [3.05, 3.63) is 57.0 Å². The van der Waals surface area contributed by atoms with Crippen LogP contribution in [-0.4, -0.2) is 46.9 Å². The average Bonchev–Trinajstić information content (AvgIpc) is 3.09. The van der Waals surface area contributed by atoms with Crippen LogP contribution in [0.3, 0.4) is 0 Å². The number of carbonyl (C=O) groups is 1. The van der Waals surface area contributed by atoms with Crippen LogP contribution < -0.4 is 10.5 Å². The lowest BCUT2D eigenvalue weighted by Crippen LogP contribution is -2.36. The number of hydrogen-bond acceptors (Lipinski definition) is 7. The van der Waals surface area contributed by atoms with E-state index in [2.05, 4.69) is 11.1 Å². The van der Waals surface area contributed by atoms with Crippen LogP contribution in [0, 0.1) is 11.3 Å². The highest BCUT2D eigenvalue weighted by Crippen LogP contribution is 2.36. The minimum atomic E-state index is -1.11. The number of benzene rings is 1. The van der Waals surface area contributed by atoms with Crippen molar-refractivity contribution in [1.29, 1.82) is 5.26 Å². The van der Waals surface area contributed by atoms with E-state index in [1.807, 2.05) is 4.90 Å². The van der Waals surface area contributed by atoms with Crippen molar-refractivity contribution >= 4 is 33.2 Å². The average molecular weight is 396 g/mol. The molecule has 2 aromatic heterocycles. The molecule has 0 amide bonds. The van der Waals surface area contributed by atoms with E-state index in [4.69, 9.17) is 4.74 Å². The highest BCUT2D eigenvalue weighted by Gasteiger charge is 2.27. The molecule has 0 aliphatic carbocycles. The minimum Gasteiger partial charge on any atom is -0.477 e. The number of ether oxygens (including phenoxy) is 1. The summed E-state index contributed by atoms with van der Waals surface area (Å²) in [5.41, 5.74) is 0.928. The van der Waals surface area contributed by atoms with Crippen LogP contribution in [0.25, 0.3) is 10.9 Å². The van der Waals surface area contributed by atoms with Gasteiger partial charge in [0.2, 0.25) is 0 Å². The van der Waals surface area contributed by atoms with Gasteiger partial charge in [-0.25, -0.2) is 9.78 Å². The summed E-state index contributed by atoms with van der Waals surface area (Å²) in [5, 5.41) is 20.5. The van der Waals surface area contributed by atoms with Crippen molar-refractivity contribution in [2.24, 2.45) is 0 Å². The molecule has 0 spiro atoms. The summed E-state index contributed by atoms with van der Waals surface area (Å²) < 4.78 is 6.69. The Bertz CT molecular complexity index is 1150. The third-order valence-electron chi connectivity index (χ3n) is 4.65. The van der Waals surface area contributed by atoms with Crippen LogP contribution in [-0.2, 0) is 11.3 Å². The molecule has 3 heterocycles. The van der Waals surface area contributed by atoms with E-state index in [1.54, 1.807) is 24.3 Å². The van der Waals surface area contributed by atoms with Crippen molar-refractivity contribution in [1.82, 2.24) is 9.55 Å². The summed E-state index contributed by atoms with van der Waals surface area (Å²) in [6.07, 6.45) is 1.39. The molecule has 8 nitrogen and oxygen atoms in total. The van der Waals surface area contributed by atoms with Gasteiger partial charge in [0.1, 0.15) is 15.9 Å². The first-order valence-electron chi connectivity index (χ1n) is 8.66. The van der Waals surface area contributed by atoms with E-state index in [9.17, 15) is 20.0 Å². The molecule has 0 unspecified atom stereocenters. The van der Waals surface area contributed by atoms with Crippen LogP contribution in [0.2, 0.25) is 0 Å². The Morgan fingerprint density at radius 1 is 1.32 bits per heavy atom. The molecule has 1 N–H and O–H groups in total. The van der Waals surface area contributed by atoms with Crippen LogP contribution in [0.4, 0.5) is 5.00 Å².